The number of aryl methyl sites for hydroxylation is 1. The number of carbonyl (C=O) groups excluding carboxylic acids is 1. The lowest BCUT2D eigenvalue weighted by molar-refractivity contribution is -0.458. The van der Waals surface area contributed by atoms with Crippen LogP contribution in [0.4, 0.5) is 13.2 Å². The van der Waals surface area contributed by atoms with Crippen molar-refractivity contribution in [3.63, 3.8) is 0 Å². The Bertz CT molecular complexity index is 753. The van der Waals surface area contributed by atoms with Crippen molar-refractivity contribution in [2.75, 3.05) is 0 Å². The Kier molecular flexibility index (Phi) is 7.71. The van der Waals surface area contributed by atoms with Crippen LogP contribution in [0.25, 0.3) is 0 Å². The third-order valence-electron chi connectivity index (χ3n) is 2.62. The maximum absolute atomic E-state index is 12.1. The number of amides is 1. The van der Waals surface area contributed by atoms with Crippen molar-refractivity contribution in [3.05, 3.63) is 53.6 Å². The van der Waals surface area contributed by atoms with Crippen LogP contribution in [-0.4, -0.2) is 27.8 Å². The molecule has 0 spiro atoms. The van der Waals surface area contributed by atoms with E-state index in [1.807, 2.05) is 0 Å². The Morgan fingerprint density at radius 1 is 1.19 bits per heavy atom. The molecule has 1 heterocycles. The lowest BCUT2D eigenvalue weighted by atomic mass is 10.1. The number of benzene rings is 1. The number of aromatic nitrogens is 2. The second-order valence-electron chi connectivity index (χ2n) is 6.98. The van der Waals surface area contributed by atoms with Crippen molar-refractivity contribution in [1.29, 1.82) is 0 Å². The summed E-state index contributed by atoms with van der Waals surface area (Å²) in [5, 5.41) is 2.57. The van der Waals surface area contributed by atoms with Crippen LogP contribution in [0, 0.1) is 6.92 Å². The first-order chi connectivity index (χ1) is 12.3. The molecule has 0 aliphatic rings. The van der Waals surface area contributed by atoms with Crippen LogP contribution in [0.1, 0.15) is 42.5 Å². The van der Waals surface area contributed by atoms with Crippen molar-refractivity contribution in [2.45, 2.75) is 46.1 Å². The second kappa shape index (κ2) is 9.31. The van der Waals surface area contributed by atoms with E-state index in [1.165, 1.54) is 30.6 Å². The molecule has 2 rings (SSSR count). The highest BCUT2D eigenvalue weighted by molar-refractivity contribution is 5.92. The topological polar surface area (TPSA) is 91.8 Å². The van der Waals surface area contributed by atoms with Gasteiger partial charge in [-0.3, -0.25) is 4.79 Å². The van der Waals surface area contributed by atoms with Crippen molar-refractivity contribution < 1.29 is 28.4 Å². The molecule has 0 atom stereocenters. The Morgan fingerprint density at radius 3 is 2.37 bits per heavy atom. The van der Waals surface area contributed by atoms with Crippen LogP contribution in [-0.2, 0) is 6.54 Å². The highest BCUT2D eigenvalue weighted by Gasteiger charge is 2.31. The van der Waals surface area contributed by atoms with Crippen molar-refractivity contribution in [1.82, 2.24) is 15.3 Å². The van der Waals surface area contributed by atoms with E-state index in [1.54, 1.807) is 13.0 Å². The van der Waals surface area contributed by atoms with E-state index in [9.17, 15) is 18.0 Å². The number of rotatable bonds is 4. The number of nitrogens with zero attached hydrogens (tertiary/aromatic N) is 2. The standard InChI is InChI=1S/C14H12F3N3O2.C4H11N/c1-9-5-12(20-8-19-9)13(21)18-7-10-3-2-4-11(6-10)22-14(15,16)17;1-4(2,3)5/h2-6,8H,7H2,1H3,(H,18,21);5H2,1-3H3/p+1. The Labute approximate surface area is 156 Å². The molecule has 0 aliphatic heterocycles. The smallest absolute Gasteiger partial charge is 0.406 e. The van der Waals surface area contributed by atoms with Gasteiger partial charge in [0.15, 0.2) is 0 Å². The normalized spacial score (nSPS) is 11.3. The van der Waals surface area contributed by atoms with E-state index in [-0.39, 0.29) is 23.5 Å². The molecule has 2 aromatic rings. The zero-order valence-electron chi connectivity index (χ0n) is 15.7. The second-order valence-corrected chi connectivity index (χ2v) is 6.98. The Balaban J connectivity index is 0.000000646. The highest BCUT2D eigenvalue weighted by Crippen LogP contribution is 2.23. The summed E-state index contributed by atoms with van der Waals surface area (Å²) in [5.41, 5.74) is 5.32. The summed E-state index contributed by atoms with van der Waals surface area (Å²) < 4.78 is 40.2. The van der Waals surface area contributed by atoms with E-state index in [0.717, 1.165) is 0 Å². The van der Waals surface area contributed by atoms with Gasteiger partial charge in [-0.15, -0.1) is 13.2 Å². The average molecular weight is 385 g/mol. The van der Waals surface area contributed by atoms with Gasteiger partial charge in [0.05, 0.1) is 5.54 Å². The molecule has 1 aromatic heterocycles. The molecule has 1 amide bonds. The summed E-state index contributed by atoms with van der Waals surface area (Å²) in [4.78, 5) is 19.6. The summed E-state index contributed by atoms with van der Waals surface area (Å²) in [6.07, 6.45) is -3.48. The van der Waals surface area contributed by atoms with E-state index in [4.69, 9.17) is 0 Å². The van der Waals surface area contributed by atoms with E-state index >= 15 is 0 Å². The highest BCUT2D eigenvalue weighted by atomic mass is 19.4. The zero-order valence-corrected chi connectivity index (χ0v) is 15.7. The van der Waals surface area contributed by atoms with Gasteiger partial charge in [-0.2, -0.15) is 0 Å². The fourth-order valence-electron chi connectivity index (χ4n) is 1.70. The molecule has 148 valence electrons. The molecular weight excluding hydrogens is 361 g/mol. The number of hydrogen-bond donors (Lipinski definition) is 2. The van der Waals surface area contributed by atoms with Crippen molar-refractivity contribution in [2.24, 2.45) is 0 Å². The van der Waals surface area contributed by atoms with E-state index < -0.39 is 12.3 Å². The van der Waals surface area contributed by atoms with Gasteiger partial charge in [0.2, 0.25) is 0 Å². The molecule has 9 heteroatoms. The van der Waals surface area contributed by atoms with Gasteiger partial charge < -0.3 is 15.8 Å². The molecule has 27 heavy (non-hydrogen) atoms. The lowest BCUT2D eigenvalue weighted by Gasteiger charge is -2.10. The maximum atomic E-state index is 12.1. The third kappa shape index (κ3) is 10.8. The van der Waals surface area contributed by atoms with Crippen LogP contribution in [0.2, 0.25) is 0 Å². The molecule has 0 saturated heterocycles. The number of nitrogens with one attached hydrogen (secondary N) is 1. The molecular formula is C18H24F3N4O2+. The fraction of sp³-hybridized carbons (Fsp3) is 0.389. The minimum atomic E-state index is -4.75. The number of ether oxygens (including phenoxy) is 1. The van der Waals surface area contributed by atoms with Crippen LogP contribution < -0.4 is 15.8 Å². The molecule has 6 nitrogen and oxygen atoms in total. The van der Waals surface area contributed by atoms with Crippen molar-refractivity contribution in [3.8, 4) is 5.75 Å². The largest absolute Gasteiger partial charge is 0.573 e. The number of hydrogen-bond acceptors (Lipinski definition) is 4. The molecule has 0 unspecified atom stereocenters. The quantitative estimate of drug-likeness (QED) is 0.846. The Hall–Kier alpha value is -2.68. The van der Waals surface area contributed by atoms with Crippen LogP contribution >= 0.6 is 0 Å². The van der Waals surface area contributed by atoms with Crippen LogP contribution in [0.3, 0.4) is 0 Å². The lowest BCUT2D eigenvalue weighted by Crippen LogP contribution is -2.67. The monoisotopic (exact) mass is 385 g/mol. The molecule has 4 N–H and O–H groups in total. The van der Waals surface area contributed by atoms with Gasteiger partial charge in [0.1, 0.15) is 17.8 Å². The first kappa shape index (κ1) is 22.4. The van der Waals surface area contributed by atoms with Crippen LogP contribution in [0.15, 0.2) is 36.7 Å². The summed E-state index contributed by atoms with van der Waals surface area (Å²) in [7, 11) is 0. The van der Waals surface area contributed by atoms with Gasteiger partial charge in [-0.25, -0.2) is 9.97 Å². The molecule has 0 bridgehead atoms. The van der Waals surface area contributed by atoms with Crippen LogP contribution in [0.5, 0.6) is 5.75 Å². The Morgan fingerprint density at radius 2 is 1.81 bits per heavy atom. The van der Waals surface area contributed by atoms with Crippen molar-refractivity contribution >= 4 is 5.91 Å². The number of carbonyl (C=O) groups is 1. The fourth-order valence-corrected chi connectivity index (χ4v) is 1.70. The molecule has 0 saturated carbocycles. The number of alkyl halides is 3. The van der Waals surface area contributed by atoms with Gasteiger partial charge in [-0.1, -0.05) is 12.1 Å². The minimum Gasteiger partial charge on any atom is -0.406 e. The molecule has 0 radical (unpaired) electrons. The maximum Gasteiger partial charge on any atom is 0.573 e. The molecule has 0 aliphatic carbocycles. The molecule has 1 aromatic carbocycles. The predicted octanol–water partition coefficient (Wildman–Crippen LogP) is 2.64. The average Bonchev–Trinajstić information content (AvgIpc) is 2.50. The van der Waals surface area contributed by atoms with E-state index in [0.29, 0.717) is 11.3 Å². The van der Waals surface area contributed by atoms with Gasteiger partial charge in [0.25, 0.3) is 5.91 Å². The first-order valence-electron chi connectivity index (χ1n) is 8.10. The summed E-state index contributed by atoms with van der Waals surface area (Å²) in [6.45, 7) is 8.00. The summed E-state index contributed by atoms with van der Waals surface area (Å²) in [5.74, 6) is -0.773. The zero-order chi connectivity index (χ0) is 20.7. The molecule has 0 fully saturated rings. The van der Waals surface area contributed by atoms with Gasteiger partial charge in [-0.05, 0) is 51.5 Å². The summed E-state index contributed by atoms with van der Waals surface area (Å²) in [6, 6.07) is 6.90. The number of halogens is 3. The summed E-state index contributed by atoms with van der Waals surface area (Å²) >= 11 is 0. The van der Waals surface area contributed by atoms with Gasteiger partial charge >= 0.3 is 6.36 Å². The van der Waals surface area contributed by atoms with E-state index in [2.05, 4.69) is 46.5 Å². The van der Waals surface area contributed by atoms with Gasteiger partial charge in [0, 0.05) is 12.2 Å². The number of quaternary nitrogens is 1. The first-order valence-corrected chi connectivity index (χ1v) is 8.10. The predicted molar refractivity (Wildman–Crippen MR) is 93.7 cm³/mol. The third-order valence-corrected chi connectivity index (χ3v) is 2.62. The SMILES string of the molecule is CC(C)(C)[NH3+].Cc1cc(C(=O)NCc2cccc(OC(F)(F)F)c2)ncn1. The minimum absolute atomic E-state index is 0.0525.